The molecule has 16 heavy (non-hydrogen) atoms. The maximum absolute atomic E-state index is 10.4. The summed E-state index contributed by atoms with van der Waals surface area (Å²) in [4.78, 5) is 0. The number of ether oxygens (including phenoxy) is 1. The van der Waals surface area contributed by atoms with E-state index in [2.05, 4.69) is 5.32 Å². The summed E-state index contributed by atoms with van der Waals surface area (Å²) < 4.78 is 5.91. The van der Waals surface area contributed by atoms with Crippen LogP contribution in [0.4, 0.5) is 0 Å². The molecule has 92 valence electrons. The van der Waals surface area contributed by atoms with Gasteiger partial charge < -0.3 is 15.2 Å². The molecule has 2 aliphatic heterocycles. The third-order valence-electron chi connectivity index (χ3n) is 4.79. The predicted molar refractivity (Wildman–Crippen MR) is 62.3 cm³/mol. The topological polar surface area (TPSA) is 41.5 Å². The molecule has 0 aromatic carbocycles. The van der Waals surface area contributed by atoms with E-state index in [0.29, 0.717) is 12.0 Å². The van der Waals surface area contributed by atoms with Crippen molar-refractivity contribution in [1.82, 2.24) is 5.32 Å². The summed E-state index contributed by atoms with van der Waals surface area (Å²) in [7, 11) is 0. The number of nitrogens with one attached hydrogen (secondary N) is 1. The number of hydrogen-bond donors (Lipinski definition) is 2. The molecule has 3 heteroatoms. The van der Waals surface area contributed by atoms with Gasteiger partial charge in [0.1, 0.15) is 0 Å². The molecular weight excluding hydrogens is 202 g/mol. The van der Waals surface area contributed by atoms with Gasteiger partial charge in [0.05, 0.1) is 11.7 Å². The van der Waals surface area contributed by atoms with Crippen molar-refractivity contribution < 1.29 is 9.84 Å². The zero-order valence-electron chi connectivity index (χ0n) is 9.95. The lowest BCUT2D eigenvalue weighted by molar-refractivity contribution is -0.158. The van der Waals surface area contributed by atoms with E-state index in [-0.39, 0.29) is 11.7 Å². The maximum atomic E-state index is 10.4. The van der Waals surface area contributed by atoms with Crippen molar-refractivity contribution in [3.63, 3.8) is 0 Å². The highest BCUT2D eigenvalue weighted by molar-refractivity contribution is 4.97. The molecule has 2 heterocycles. The van der Waals surface area contributed by atoms with Crippen LogP contribution in [-0.2, 0) is 4.74 Å². The summed E-state index contributed by atoms with van der Waals surface area (Å²) in [5.41, 5.74) is 0.169. The molecule has 1 aliphatic carbocycles. The molecule has 0 bridgehead atoms. The average molecular weight is 225 g/mol. The molecule has 1 spiro atoms. The number of aliphatic hydroxyl groups excluding tert-OH is 1. The molecule has 3 unspecified atom stereocenters. The Morgan fingerprint density at radius 3 is 2.75 bits per heavy atom. The third-order valence-corrected chi connectivity index (χ3v) is 4.79. The quantitative estimate of drug-likeness (QED) is 0.747. The monoisotopic (exact) mass is 225 g/mol. The first-order valence-electron chi connectivity index (χ1n) is 6.85. The molecule has 0 radical (unpaired) electrons. The lowest BCUT2D eigenvalue weighted by Gasteiger charge is -2.48. The van der Waals surface area contributed by atoms with Gasteiger partial charge in [0.25, 0.3) is 0 Å². The van der Waals surface area contributed by atoms with Crippen LogP contribution in [0, 0.1) is 5.92 Å². The van der Waals surface area contributed by atoms with E-state index in [1.165, 1.54) is 25.7 Å². The molecule has 3 rings (SSSR count). The van der Waals surface area contributed by atoms with Gasteiger partial charge in [-0.2, -0.15) is 0 Å². The fourth-order valence-corrected chi connectivity index (χ4v) is 3.61. The second-order valence-corrected chi connectivity index (χ2v) is 5.83. The van der Waals surface area contributed by atoms with Crippen LogP contribution in [0.15, 0.2) is 0 Å². The standard InChI is InChI=1S/C13H23NO2/c15-12(11-3-1-7-14-11)10-4-8-16-13(9-10)5-2-6-13/h10-12,14-15H,1-9H2. The van der Waals surface area contributed by atoms with E-state index in [1.807, 2.05) is 0 Å². The summed E-state index contributed by atoms with van der Waals surface area (Å²) in [6.45, 7) is 1.94. The zero-order chi connectivity index (χ0) is 11.0. The number of hydrogen-bond acceptors (Lipinski definition) is 3. The Kier molecular flexibility index (Phi) is 2.94. The number of aliphatic hydroxyl groups is 1. The molecule has 3 atom stereocenters. The molecular formula is C13H23NO2. The minimum atomic E-state index is -0.149. The molecule has 3 fully saturated rings. The largest absolute Gasteiger partial charge is 0.391 e. The van der Waals surface area contributed by atoms with Gasteiger partial charge in [-0.1, -0.05) is 0 Å². The second kappa shape index (κ2) is 4.28. The summed E-state index contributed by atoms with van der Waals surface area (Å²) >= 11 is 0. The van der Waals surface area contributed by atoms with Crippen LogP contribution >= 0.6 is 0 Å². The van der Waals surface area contributed by atoms with Gasteiger partial charge in [-0.05, 0) is 57.4 Å². The van der Waals surface area contributed by atoms with Crippen LogP contribution < -0.4 is 5.32 Å². The van der Waals surface area contributed by atoms with Gasteiger partial charge in [-0.25, -0.2) is 0 Å². The molecule has 2 N–H and O–H groups in total. The van der Waals surface area contributed by atoms with Gasteiger partial charge in [0, 0.05) is 12.6 Å². The van der Waals surface area contributed by atoms with Gasteiger partial charge in [-0.15, -0.1) is 0 Å². The highest BCUT2D eigenvalue weighted by Crippen LogP contribution is 2.45. The Bertz CT molecular complexity index is 246. The average Bonchev–Trinajstić information content (AvgIpc) is 2.79. The van der Waals surface area contributed by atoms with Crippen molar-refractivity contribution in [1.29, 1.82) is 0 Å². The van der Waals surface area contributed by atoms with Crippen LogP contribution in [0.2, 0.25) is 0 Å². The number of rotatable bonds is 2. The highest BCUT2D eigenvalue weighted by atomic mass is 16.5. The Morgan fingerprint density at radius 2 is 2.12 bits per heavy atom. The fourth-order valence-electron chi connectivity index (χ4n) is 3.61. The van der Waals surface area contributed by atoms with Gasteiger partial charge in [-0.3, -0.25) is 0 Å². The second-order valence-electron chi connectivity index (χ2n) is 5.83. The van der Waals surface area contributed by atoms with Crippen LogP contribution in [-0.4, -0.2) is 36.0 Å². The van der Waals surface area contributed by atoms with E-state index in [1.54, 1.807) is 0 Å². The van der Waals surface area contributed by atoms with Crippen molar-refractivity contribution in [3.8, 4) is 0 Å². The van der Waals surface area contributed by atoms with Gasteiger partial charge >= 0.3 is 0 Å². The van der Waals surface area contributed by atoms with Crippen LogP contribution in [0.1, 0.15) is 44.9 Å². The van der Waals surface area contributed by atoms with E-state index in [4.69, 9.17) is 4.74 Å². The molecule has 3 nitrogen and oxygen atoms in total. The molecule has 1 saturated carbocycles. The Morgan fingerprint density at radius 1 is 1.25 bits per heavy atom. The van der Waals surface area contributed by atoms with E-state index in [9.17, 15) is 5.11 Å². The van der Waals surface area contributed by atoms with Crippen molar-refractivity contribution in [3.05, 3.63) is 0 Å². The van der Waals surface area contributed by atoms with Crippen LogP contribution in [0.5, 0.6) is 0 Å². The van der Waals surface area contributed by atoms with Crippen LogP contribution in [0.25, 0.3) is 0 Å². The summed E-state index contributed by atoms with van der Waals surface area (Å²) in [6, 6.07) is 0.347. The van der Waals surface area contributed by atoms with Crippen molar-refractivity contribution in [2.75, 3.05) is 13.2 Å². The third kappa shape index (κ3) is 1.89. The summed E-state index contributed by atoms with van der Waals surface area (Å²) in [5, 5.41) is 13.8. The van der Waals surface area contributed by atoms with Crippen molar-refractivity contribution >= 4 is 0 Å². The van der Waals surface area contributed by atoms with E-state index < -0.39 is 0 Å². The molecule has 0 amide bonds. The molecule has 3 aliphatic rings. The van der Waals surface area contributed by atoms with Crippen molar-refractivity contribution in [2.24, 2.45) is 5.92 Å². The first-order chi connectivity index (χ1) is 7.79. The lowest BCUT2D eigenvalue weighted by atomic mass is 9.70. The summed E-state index contributed by atoms with van der Waals surface area (Å²) in [5.74, 6) is 0.463. The predicted octanol–water partition coefficient (Wildman–Crippen LogP) is 1.45. The van der Waals surface area contributed by atoms with E-state index in [0.717, 1.165) is 32.4 Å². The molecule has 0 aromatic rings. The zero-order valence-corrected chi connectivity index (χ0v) is 9.95. The Balaban J connectivity index is 1.60. The first-order valence-corrected chi connectivity index (χ1v) is 6.85. The van der Waals surface area contributed by atoms with Crippen molar-refractivity contribution in [2.45, 2.75) is 62.7 Å². The van der Waals surface area contributed by atoms with Gasteiger partial charge in [0.2, 0.25) is 0 Å². The normalized spacial score (nSPS) is 39.6. The van der Waals surface area contributed by atoms with Crippen LogP contribution in [0.3, 0.4) is 0 Å². The molecule has 2 saturated heterocycles. The first kappa shape index (κ1) is 11.0. The Labute approximate surface area is 97.6 Å². The maximum Gasteiger partial charge on any atom is 0.0723 e. The summed E-state index contributed by atoms with van der Waals surface area (Å²) in [6.07, 6.45) is 8.09. The highest BCUT2D eigenvalue weighted by Gasteiger charge is 2.45. The van der Waals surface area contributed by atoms with Gasteiger partial charge in [0.15, 0.2) is 0 Å². The minimum Gasteiger partial charge on any atom is -0.391 e. The SMILES string of the molecule is OC(C1CCOC2(CCC2)C1)C1CCCN1. The molecule has 0 aromatic heterocycles. The fraction of sp³-hybridized carbons (Fsp3) is 1.00. The Hall–Kier alpha value is -0.120. The lowest BCUT2D eigenvalue weighted by Crippen LogP contribution is -2.50. The minimum absolute atomic E-state index is 0.149. The smallest absolute Gasteiger partial charge is 0.0723 e. The van der Waals surface area contributed by atoms with E-state index >= 15 is 0 Å².